The zero-order chi connectivity index (χ0) is 20.2. The number of tetrazole rings is 1. The van der Waals surface area contributed by atoms with Gasteiger partial charge in [0, 0.05) is 38.5 Å². The lowest BCUT2D eigenvalue weighted by atomic mass is 10.1. The van der Waals surface area contributed by atoms with Gasteiger partial charge in [-0.2, -0.15) is 0 Å². The van der Waals surface area contributed by atoms with Crippen molar-refractivity contribution >= 4 is 5.69 Å². The highest BCUT2D eigenvalue weighted by atomic mass is 16.5. The van der Waals surface area contributed by atoms with Crippen molar-refractivity contribution in [2.24, 2.45) is 0 Å². The zero-order valence-electron chi connectivity index (χ0n) is 18.0. The van der Waals surface area contributed by atoms with E-state index in [2.05, 4.69) is 64.3 Å². The lowest BCUT2D eigenvalue weighted by Gasteiger charge is -2.40. The summed E-state index contributed by atoms with van der Waals surface area (Å²) in [5, 5.41) is 12.8. The van der Waals surface area contributed by atoms with E-state index in [1.165, 1.54) is 16.8 Å². The van der Waals surface area contributed by atoms with Gasteiger partial charge in [0.2, 0.25) is 0 Å². The summed E-state index contributed by atoms with van der Waals surface area (Å²) in [6.45, 7) is 12.4. The van der Waals surface area contributed by atoms with Crippen LogP contribution in [0.4, 0.5) is 5.69 Å². The third-order valence-corrected chi connectivity index (χ3v) is 6.28. The van der Waals surface area contributed by atoms with E-state index in [9.17, 15) is 0 Å². The molecule has 0 N–H and O–H groups in total. The monoisotopic (exact) mass is 398 g/mol. The molecule has 7 nitrogen and oxygen atoms in total. The minimum atomic E-state index is 0.251. The molecule has 1 aromatic heterocycles. The number of anilines is 1. The van der Waals surface area contributed by atoms with Crippen molar-refractivity contribution in [1.82, 2.24) is 25.1 Å². The quantitative estimate of drug-likeness (QED) is 0.714. The van der Waals surface area contributed by atoms with E-state index in [4.69, 9.17) is 4.74 Å². The van der Waals surface area contributed by atoms with Gasteiger partial charge in [0.1, 0.15) is 0 Å². The smallest absolute Gasteiger partial charge is 0.168 e. The molecule has 0 unspecified atom stereocenters. The summed E-state index contributed by atoms with van der Waals surface area (Å²) >= 11 is 0. The molecule has 4 rings (SSSR count). The zero-order valence-corrected chi connectivity index (χ0v) is 18.0. The van der Waals surface area contributed by atoms with Gasteiger partial charge in [0.05, 0.1) is 18.7 Å². The Morgan fingerprint density at radius 1 is 1.17 bits per heavy atom. The van der Waals surface area contributed by atoms with Crippen molar-refractivity contribution in [3.63, 3.8) is 0 Å². The minimum Gasteiger partial charge on any atom is -0.376 e. The maximum atomic E-state index is 5.81. The van der Waals surface area contributed by atoms with Gasteiger partial charge in [-0.1, -0.05) is 25.5 Å². The Kier molecular flexibility index (Phi) is 6.45. The number of ether oxygens (including phenoxy) is 1. The molecule has 0 aliphatic carbocycles. The van der Waals surface area contributed by atoms with Gasteiger partial charge in [-0.05, 0) is 60.7 Å². The van der Waals surface area contributed by atoms with Gasteiger partial charge >= 0.3 is 0 Å². The highest BCUT2D eigenvalue weighted by molar-refractivity contribution is 5.55. The van der Waals surface area contributed by atoms with E-state index in [0.717, 1.165) is 70.8 Å². The standard InChI is InChI=1S/C22H34N6O/c1-4-6-20(22-23-24-25-28(22)16-19-7-5-14-29-19)26-10-12-27(13-11-26)21-15-17(2)8-9-18(21)3/h8-9,15,19-20H,4-7,10-14,16H2,1-3H3/t19-,20-/m1/s1. The molecule has 0 radical (unpaired) electrons. The summed E-state index contributed by atoms with van der Waals surface area (Å²) in [4.78, 5) is 5.10. The molecule has 0 amide bonds. The molecule has 0 saturated carbocycles. The molecule has 2 fully saturated rings. The van der Waals surface area contributed by atoms with E-state index in [1.807, 2.05) is 4.68 Å². The van der Waals surface area contributed by atoms with Crippen LogP contribution in [-0.4, -0.2) is 64.0 Å². The number of aryl methyl sites for hydroxylation is 2. The van der Waals surface area contributed by atoms with Gasteiger partial charge in [-0.25, -0.2) is 4.68 Å². The van der Waals surface area contributed by atoms with Crippen molar-refractivity contribution < 1.29 is 4.74 Å². The number of hydrogen-bond donors (Lipinski definition) is 0. The number of piperazine rings is 1. The Labute approximate surface area is 174 Å². The Morgan fingerprint density at radius 3 is 2.72 bits per heavy atom. The van der Waals surface area contributed by atoms with Gasteiger partial charge in [0.25, 0.3) is 0 Å². The molecule has 2 atom stereocenters. The molecule has 2 aliphatic heterocycles. The van der Waals surface area contributed by atoms with E-state index in [0.29, 0.717) is 0 Å². The topological polar surface area (TPSA) is 59.3 Å². The first kappa shape index (κ1) is 20.3. The molecule has 0 spiro atoms. The molecular formula is C22H34N6O. The average molecular weight is 399 g/mol. The average Bonchev–Trinajstić information content (AvgIpc) is 3.41. The molecule has 29 heavy (non-hydrogen) atoms. The molecule has 2 aliphatic rings. The Hall–Kier alpha value is -1.99. The molecule has 2 aromatic rings. The summed E-state index contributed by atoms with van der Waals surface area (Å²) in [6.07, 6.45) is 4.69. The second kappa shape index (κ2) is 9.22. The molecule has 3 heterocycles. The van der Waals surface area contributed by atoms with Gasteiger partial charge < -0.3 is 9.64 Å². The van der Waals surface area contributed by atoms with Crippen molar-refractivity contribution in [2.75, 3.05) is 37.7 Å². The van der Waals surface area contributed by atoms with Crippen LogP contribution in [0.1, 0.15) is 55.6 Å². The fraction of sp³-hybridized carbons (Fsp3) is 0.682. The first-order chi connectivity index (χ1) is 14.2. The Morgan fingerprint density at radius 2 is 2.00 bits per heavy atom. The van der Waals surface area contributed by atoms with Crippen LogP contribution < -0.4 is 4.90 Å². The summed E-state index contributed by atoms with van der Waals surface area (Å²) in [6, 6.07) is 7.02. The highest BCUT2D eigenvalue weighted by Crippen LogP contribution is 2.28. The lowest BCUT2D eigenvalue weighted by molar-refractivity contribution is 0.0891. The molecule has 0 bridgehead atoms. The number of aromatic nitrogens is 4. The summed E-state index contributed by atoms with van der Waals surface area (Å²) in [5.74, 6) is 1.00. The van der Waals surface area contributed by atoms with Crippen LogP contribution in [0, 0.1) is 13.8 Å². The van der Waals surface area contributed by atoms with Crippen molar-refractivity contribution in [3.05, 3.63) is 35.2 Å². The minimum absolute atomic E-state index is 0.251. The van der Waals surface area contributed by atoms with Gasteiger partial charge in [-0.15, -0.1) is 5.10 Å². The van der Waals surface area contributed by atoms with E-state index >= 15 is 0 Å². The first-order valence-corrected chi connectivity index (χ1v) is 11.1. The number of hydrogen-bond acceptors (Lipinski definition) is 6. The van der Waals surface area contributed by atoms with E-state index in [-0.39, 0.29) is 12.1 Å². The van der Waals surface area contributed by atoms with Crippen molar-refractivity contribution in [2.45, 2.75) is 65.1 Å². The highest BCUT2D eigenvalue weighted by Gasteiger charge is 2.30. The number of nitrogens with zero attached hydrogens (tertiary/aromatic N) is 6. The molecule has 7 heteroatoms. The van der Waals surface area contributed by atoms with Crippen LogP contribution in [0.2, 0.25) is 0 Å². The second-order valence-electron chi connectivity index (χ2n) is 8.47. The predicted molar refractivity (Wildman–Crippen MR) is 114 cm³/mol. The van der Waals surface area contributed by atoms with Crippen molar-refractivity contribution in [3.8, 4) is 0 Å². The summed E-state index contributed by atoms with van der Waals surface area (Å²) in [5.41, 5.74) is 4.06. The van der Waals surface area contributed by atoms with Crippen LogP contribution in [0.3, 0.4) is 0 Å². The first-order valence-electron chi connectivity index (χ1n) is 11.1. The maximum Gasteiger partial charge on any atom is 0.168 e. The number of benzene rings is 1. The Bertz CT molecular complexity index is 792. The van der Waals surface area contributed by atoms with Gasteiger partial charge in [-0.3, -0.25) is 4.90 Å². The lowest BCUT2D eigenvalue weighted by Crippen LogP contribution is -2.48. The van der Waals surface area contributed by atoms with Crippen LogP contribution in [-0.2, 0) is 11.3 Å². The molecule has 1 aromatic carbocycles. The van der Waals surface area contributed by atoms with E-state index < -0.39 is 0 Å². The van der Waals surface area contributed by atoms with Crippen molar-refractivity contribution in [1.29, 1.82) is 0 Å². The van der Waals surface area contributed by atoms with Crippen LogP contribution in [0.5, 0.6) is 0 Å². The van der Waals surface area contributed by atoms with Crippen LogP contribution in [0.25, 0.3) is 0 Å². The molecule has 158 valence electrons. The third kappa shape index (κ3) is 4.61. The predicted octanol–water partition coefficient (Wildman–Crippen LogP) is 3.13. The number of rotatable bonds is 7. The molecular weight excluding hydrogens is 364 g/mol. The van der Waals surface area contributed by atoms with Crippen LogP contribution in [0.15, 0.2) is 18.2 Å². The fourth-order valence-corrected chi connectivity index (χ4v) is 4.64. The van der Waals surface area contributed by atoms with E-state index in [1.54, 1.807) is 0 Å². The molecule has 2 saturated heterocycles. The van der Waals surface area contributed by atoms with Crippen LogP contribution >= 0.6 is 0 Å². The fourth-order valence-electron chi connectivity index (χ4n) is 4.64. The maximum absolute atomic E-state index is 5.81. The summed E-state index contributed by atoms with van der Waals surface area (Å²) < 4.78 is 7.81. The summed E-state index contributed by atoms with van der Waals surface area (Å²) in [7, 11) is 0. The van der Waals surface area contributed by atoms with Gasteiger partial charge in [0.15, 0.2) is 5.82 Å². The normalized spacial score (nSPS) is 21.6. The third-order valence-electron chi connectivity index (χ3n) is 6.28. The Balaban J connectivity index is 1.45. The second-order valence-corrected chi connectivity index (χ2v) is 8.47. The SMILES string of the molecule is CCC[C@H](c1nnnn1C[C@H]1CCCO1)N1CCN(c2cc(C)ccc2C)CC1. The largest absolute Gasteiger partial charge is 0.376 e.